The van der Waals surface area contributed by atoms with Gasteiger partial charge in [-0.1, -0.05) is 96.1 Å². The van der Waals surface area contributed by atoms with Gasteiger partial charge < -0.3 is 0 Å². The van der Waals surface area contributed by atoms with Crippen LogP contribution < -0.4 is 5.30 Å². The zero-order valence-corrected chi connectivity index (χ0v) is 18.3. The largest absolute Gasteiger partial charge is 0.294 e. The maximum Gasteiger partial charge on any atom is 0.166 e. The lowest BCUT2D eigenvalue weighted by molar-refractivity contribution is -0.115. The normalized spacial score (nSPS) is 12.3. The van der Waals surface area contributed by atoms with E-state index in [4.69, 9.17) is 0 Å². The highest BCUT2D eigenvalue weighted by Gasteiger charge is 2.34. The van der Waals surface area contributed by atoms with Crippen molar-refractivity contribution < 1.29 is 9.59 Å². The van der Waals surface area contributed by atoms with Crippen molar-refractivity contribution in [1.82, 2.24) is 0 Å². The smallest absolute Gasteiger partial charge is 0.166 e. The van der Waals surface area contributed by atoms with Gasteiger partial charge in [0.25, 0.3) is 0 Å². The lowest BCUT2D eigenvalue weighted by Crippen LogP contribution is -2.23. The molecule has 2 rings (SSSR count). The summed E-state index contributed by atoms with van der Waals surface area (Å²) in [6.45, 7) is 12.3. The molecule has 2 aromatic rings. The Balaban J connectivity index is 2.54. The summed E-state index contributed by atoms with van der Waals surface area (Å²) in [5.41, 5.74) is 1.93. The van der Waals surface area contributed by atoms with Crippen LogP contribution in [0.25, 0.3) is 11.1 Å². The Labute approximate surface area is 165 Å². The van der Waals surface area contributed by atoms with Gasteiger partial charge in [0.2, 0.25) is 0 Å². The van der Waals surface area contributed by atoms with Crippen molar-refractivity contribution in [2.75, 3.05) is 0 Å². The van der Waals surface area contributed by atoms with Crippen LogP contribution in [0.3, 0.4) is 0 Å². The van der Waals surface area contributed by atoms with Gasteiger partial charge in [0.15, 0.2) is 11.0 Å². The molecule has 3 heteroatoms. The van der Waals surface area contributed by atoms with Crippen LogP contribution in [0.1, 0.15) is 54.4 Å². The van der Waals surface area contributed by atoms with Crippen molar-refractivity contribution in [2.45, 2.75) is 54.4 Å². The molecule has 0 amide bonds. The van der Waals surface area contributed by atoms with E-state index < -0.39 is 7.92 Å². The van der Waals surface area contributed by atoms with E-state index in [9.17, 15) is 9.59 Å². The molecular formula is C24H31O2P. The molecule has 0 fully saturated rings. The Morgan fingerprint density at radius 2 is 1.15 bits per heavy atom. The summed E-state index contributed by atoms with van der Waals surface area (Å²) < 4.78 is 0. The van der Waals surface area contributed by atoms with E-state index in [-0.39, 0.29) is 21.9 Å². The van der Waals surface area contributed by atoms with Crippen molar-refractivity contribution in [3.8, 4) is 11.1 Å². The molecule has 0 atom stereocenters. The number of hydrogen-bond acceptors (Lipinski definition) is 2. The molecule has 0 radical (unpaired) electrons. The summed E-state index contributed by atoms with van der Waals surface area (Å²) >= 11 is 0. The molecule has 27 heavy (non-hydrogen) atoms. The third-order valence-electron chi connectivity index (χ3n) is 4.09. The van der Waals surface area contributed by atoms with E-state index in [1.165, 1.54) is 0 Å². The monoisotopic (exact) mass is 382 g/mol. The Kier molecular flexibility index (Phi) is 6.76. The van der Waals surface area contributed by atoms with Gasteiger partial charge >= 0.3 is 0 Å². The molecule has 0 saturated carbocycles. The molecule has 0 heterocycles. The Bertz CT molecular complexity index is 767. The standard InChI is InChI=1S/C24H31O2P/c1-23(2,3)16-21(25)27(22(26)17-24(4,5)6)20-15-11-10-14-19(20)18-12-8-7-9-13-18/h7-15H,16-17H2,1-6H3. The molecule has 144 valence electrons. The van der Waals surface area contributed by atoms with E-state index >= 15 is 0 Å². The minimum absolute atomic E-state index is 0.0788. The van der Waals surface area contributed by atoms with E-state index in [2.05, 4.69) is 41.5 Å². The third kappa shape index (κ3) is 6.40. The van der Waals surface area contributed by atoms with Crippen LogP contribution in [0.5, 0.6) is 0 Å². The van der Waals surface area contributed by atoms with Gasteiger partial charge in [-0.2, -0.15) is 0 Å². The van der Waals surface area contributed by atoms with E-state index in [0.717, 1.165) is 16.4 Å². The van der Waals surface area contributed by atoms with Gasteiger partial charge in [-0.3, -0.25) is 9.59 Å². The first-order valence-electron chi connectivity index (χ1n) is 9.48. The zero-order chi connectivity index (χ0) is 20.2. The second kappa shape index (κ2) is 8.48. The minimum Gasteiger partial charge on any atom is -0.294 e. The van der Waals surface area contributed by atoms with Crippen LogP contribution in [0, 0.1) is 10.8 Å². The average molecular weight is 382 g/mol. The van der Waals surface area contributed by atoms with Crippen molar-refractivity contribution in [2.24, 2.45) is 10.8 Å². The molecule has 0 spiro atoms. The summed E-state index contributed by atoms with van der Waals surface area (Å²) in [5.74, 6) is 0. The fourth-order valence-corrected chi connectivity index (χ4v) is 5.76. The molecule has 0 aromatic heterocycles. The molecule has 0 aliphatic heterocycles. The number of benzene rings is 2. The van der Waals surface area contributed by atoms with Crippen molar-refractivity contribution in [1.29, 1.82) is 0 Å². The van der Waals surface area contributed by atoms with Crippen molar-refractivity contribution >= 4 is 24.3 Å². The van der Waals surface area contributed by atoms with Crippen LogP contribution >= 0.6 is 7.92 Å². The first kappa shape index (κ1) is 21.5. The van der Waals surface area contributed by atoms with Gasteiger partial charge in [0, 0.05) is 12.8 Å². The van der Waals surface area contributed by atoms with Gasteiger partial charge in [-0.25, -0.2) is 0 Å². The molecule has 0 aliphatic carbocycles. The summed E-state index contributed by atoms with van der Waals surface area (Å²) in [7, 11) is -1.53. The molecule has 0 unspecified atom stereocenters. The maximum atomic E-state index is 13.3. The van der Waals surface area contributed by atoms with Gasteiger partial charge in [-0.15, -0.1) is 0 Å². The van der Waals surface area contributed by atoms with Crippen molar-refractivity contribution in [3.63, 3.8) is 0 Å². The first-order chi connectivity index (χ1) is 12.5. The molecule has 2 nitrogen and oxygen atoms in total. The lowest BCUT2D eigenvalue weighted by Gasteiger charge is -2.26. The number of rotatable bonds is 6. The lowest BCUT2D eigenvalue weighted by atomic mass is 9.93. The fourth-order valence-electron chi connectivity index (χ4n) is 3.00. The van der Waals surface area contributed by atoms with Gasteiger partial charge in [0.1, 0.15) is 0 Å². The molecule has 2 aromatic carbocycles. The van der Waals surface area contributed by atoms with Gasteiger partial charge in [0.05, 0.1) is 7.92 Å². The second-order valence-electron chi connectivity index (χ2n) is 9.48. The van der Waals surface area contributed by atoms with E-state index in [1.54, 1.807) is 0 Å². The molecular weight excluding hydrogens is 351 g/mol. The third-order valence-corrected chi connectivity index (χ3v) is 6.28. The SMILES string of the molecule is CC(C)(C)CC(=O)P(C(=O)CC(C)(C)C)c1ccccc1-c1ccccc1. The Morgan fingerprint density at radius 3 is 1.63 bits per heavy atom. The van der Waals surface area contributed by atoms with Crippen LogP contribution in [-0.4, -0.2) is 11.0 Å². The molecule has 0 aliphatic rings. The second-order valence-corrected chi connectivity index (χ2v) is 11.6. The zero-order valence-electron chi connectivity index (χ0n) is 17.4. The maximum absolute atomic E-state index is 13.3. The van der Waals surface area contributed by atoms with Crippen LogP contribution in [0.4, 0.5) is 0 Å². The highest BCUT2D eigenvalue weighted by Crippen LogP contribution is 2.46. The van der Waals surface area contributed by atoms with Crippen LogP contribution in [0.15, 0.2) is 54.6 Å². The summed E-state index contributed by atoms with van der Waals surface area (Å²) in [4.78, 5) is 26.6. The molecule has 0 bridgehead atoms. The topological polar surface area (TPSA) is 34.1 Å². The average Bonchev–Trinajstić information content (AvgIpc) is 2.53. The quantitative estimate of drug-likeness (QED) is 0.543. The summed E-state index contributed by atoms with van der Waals surface area (Å²) in [6, 6.07) is 17.9. The number of carbonyl (C=O) groups is 2. The highest BCUT2D eigenvalue weighted by molar-refractivity contribution is 7.95. The Hall–Kier alpha value is -1.79. The minimum atomic E-state index is -1.53. The van der Waals surface area contributed by atoms with E-state index in [0.29, 0.717) is 12.8 Å². The highest BCUT2D eigenvalue weighted by atomic mass is 31.1. The molecule has 0 N–H and O–H groups in total. The summed E-state index contributed by atoms with van der Waals surface area (Å²) in [5, 5.41) is 0.891. The predicted molar refractivity (Wildman–Crippen MR) is 117 cm³/mol. The first-order valence-corrected chi connectivity index (χ1v) is 10.8. The van der Waals surface area contributed by atoms with Gasteiger partial charge in [-0.05, 0) is 27.3 Å². The predicted octanol–water partition coefficient (Wildman–Crippen LogP) is 6.39. The van der Waals surface area contributed by atoms with E-state index in [1.807, 2.05) is 54.6 Å². The van der Waals surface area contributed by atoms with Crippen LogP contribution in [-0.2, 0) is 9.59 Å². The number of hydrogen-bond donors (Lipinski definition) is 0. The van der Waals surface area contributed by atoms with Crippen molar-refractivity contribution in [3.05, 3.63) is 54.6 Å². The number of carbonyl (C=O) groups excluding carboxylic acids is 2. The Morgan fingerprint density at radius 1 is 0.704 bits per heavy atom. The van der Waals surface area contributed by atoms with Crippen LogP contribution in [0.2, 0.25) is 0 Å². The molecule has 0 saturated heterocycles. The fraction of sp³-hybridized carbons (Fsp3) is 0.417. The summed E-state index contributed by atoms with van der Waals surface area (Å²) in [6.07, 6.45) is 0.829.